The number of ether oxygens (including phenoxy) is 1. The Labute approximate surface area is 127 Å². The molecular weight excluding hydrogens is 266 g/mol. The molecule has 0 bridgehead atoms. The third-order valence-electron chi connectivity index (χ3n) is 2.94. The molecule has 0 spiro atoms. The van der Waals surface area contributed by atoms with Crippen LogP contribution in [0.4, 0.5) is 5.69 Å². The lowest BCUT2D eigenvalue weighted by Gasteiger charge is -2.17. The van der Waals surface area contributed by atoms with Gasteiger partial charge in [0.05, 0.1) is 0 Å². The maximum atomic E-state index is 11.8. The number of rotatable bonds is 8. The normalized spacial score (nSPS) is 11.5. The minimum absolute atomic E-state index is 0.0187. The van der Waals surface area contributed by atoms with Crippen LogP contribution in [0.2, 0.25) is 0 Å². The van der Waals surface area contributed by atoms with Crippen LogP contribution in [0, 0.1) is 0 Å². The molecule has 5 nitrogen and oxygen atoms in total. The van der Waals surface area contributed by atoms with Gasteiger partial charge in [-0.3, -0.25) is 4.79 Å². The highest BCUT2D eigenvalue weighted by atomic mass is 16.5. The second-order valence-corrected chi connectivity index (χ2v) is 6.21. The average Bonchev–Trinajstić information content (AvgIpc) is 2.37. The predicted octanol–water partition coefficient (Wildman–Crippen LogP) is 2.08. The average molecular weight is 293 g/mol. The Morgan fingerprint density at radius 2 is 1.90 bits per heavy atom. The minimum atomic E-state index is -0.318. The number of carbonyl (C=O) groups is 1. The van der Waals surface area contributed by atoms with Crippen LogP contribution in [-0.2, 0) is 4.79 Å². The van der Waals surface area contributed by atoms with E-state index in [4.69, 9.17) is 10.5 Å². The van der Waals surface area contributed by atoms with Crippen molar-refractivity contribution >= 4 is 11.6 Å². The Hall–Kier alpha value is -1.59. The molecule has 0 aromatic heterocycles. The van der Waals surface area contributed by atoms with Gasteiger partial charge in [0.1, 0.15) is 12.4 Å². The highest BCUT2D eigenvalue weighted by Gasteiger charge is 2.13. The van der Waals surface area contributed by atoms with E-state index < -0.39 is 0 Å². The Morgan fingerprint density at radius 3 is 2.43 bits per heavy atom. The quantitative estimate of drug-likeness (QED) is 0.770. The van der Waals surface area contributed by atoms with Crippen molar-refractivity contribution < 1.29 is 9.53 Å². The van der Waals surface area contributed by atoms with Crippen LogP contribution in [-0.4, -0.2) is 43.6 Å². The molecule has 0 aliphatic heterocycles. The van der Waals surface area contributed by atoms with Gasteiger partial charge in [-0.05, 0) is 58.6 Å². The highest BCUT2D eigenvalue weighted by molar-refractivity contribution is 5.90. The van der Waals surface area contributed by atoms with E-state index in [1.54, 1.807) is 0 Å². The minimum Gasteiger partial charge on any atom is -0.492 e. The maximum Gasteiger partial charge on any atom is 0.224 e. The lowest BCUT2D eigenvalue weighted by atomic mass is 10.00. The number of nitrogens with two attached hydrogens (primary N) is 1. The molecule has 0 saturated carbocycles. The summed E-state index contributed by atoms with van der Waals surface area (Å²) in [4.78, 5) is 13.9. The van der Waals surface area contributed by atoms with Crippen molar-refractivity contribution in [2.75, 3.05) is 32.6 Å². The molecule has 0 heterocycles. The number of benzene rings is 1. The zero-order valence-corrected chi connectivity index (χ0v) is 13.5. The van der Waals surface area contributed by atoms with E-state index >= 15 is 0 Å². The van der Waals surface area contributed by atoms with E-state index in [1.165, 1.54) is 0 Å². The number of hydrogen-bond acceptors (Lipinski definition) is 4. The van der Waals surface area contributed by atoms with Gasteiger partial charge in [-0.1, -0.05) is 0 Å². The van der Waals surface area contributed by atoms with E-state index in [9.17, 15) is 4.79 Å². The zero-order valence-electron chi connectivity index (χ0n) is 13.5. The fourth-order valence-corrected chi connectivity index (χ4v) is 1.64. The monoisotopic (exact) mass is 293 g/mol. The molecular formula is C16H27N3O2. The number of hydrogen-bond donors (Lipinski definition) is 2. The van der Waals surface area contributed by atoms with Crippen LogP contribution in [0.1, 0.15) is 26.7 Å². The van der Waals surface area contributed by atoms with Crippen LogP contribution in [0.25, 0.3) is 0 Å². The summed E-state index contributed by atoms with van der Waals surface area (Å²) in [5, 5.41) is 2.86. The molecule has 0 atom stereocenters. The van der Waals surface area contributed by atoms with Gasteiger partial charge >= 0.3 is 0 Å². The highest BCUT2D eigenvalue weighted by Crippen LogP contribution is 2.16. The second-order valence-electron chi connectivity index (χ2n) is 6.21. The molecule has 0 unspecified atom stereocenters. The molecule has 5 heteroatoms. The summed E-state index contributed by atoms with van der Waals surface area (Å²) in [5.41, 5.74) is 6.32. The fraction of sp³-hybridized carbons (Fsp3) is 0.562. The third kappa shape index (κ3) is 8.32. The first-order valence-corrected chi connectivity index (χ1v) is 7.22. The molecule has 0 saturated heterocycles. The Kier molecular flexibility index (Phi) is 6.65. The van der Waals surface area contributed by atoms with Crippen molar-refractivity contribution in [2.24, 2.45) is 5.73 Å². The number of likely N-dealkylation sites (N-methyl/N-ethyl adjacent to an activating group) is 1. The lowest BCUT2D eigenvalue weighted by Crippen LogP contribution is -2.33. The summed E-state index contributed by atoms with van der Waals surface area (Å²) >= 11 is 0. The smallest absolute Gasteiger partial charge is 0.224 e. The lowest BCUT2D eigenvalue weighted by molar-refractivity contribution is -0.116. The van der Waals surface area contributed by atoms with Crippen LogP contribution < -0.4 is 15.8 Å². The summed E-state index contributed by atoms with van der Waals surface area (Å²) < 4.78 is 5.60. The summed E-state index contributed by atoms with van der Waals surface area (Å²) in [6.07, 6.45) is 1.08. The standard InChI is InChI=1S/C16H27N3O2/c1-16(2,17)10-9-15(20)18-13-5-7-14(8-6-13)21-12-11-19(3)4/h5-8H,9-12,17H2,1-4H3,(H,18,20). The molecule has 1 aromatic rings. The van der Waals surface area contributed by atoms with Crippen LogP contribution in [0.3, 0.4) is 0 Å². The van der Waals surface area contributed by atoms with Gasteiger partial charge in [-0.25, -0.2) is 0 Å². The SMILES string of the molecule is CN(C)CCOc1ccc(NC(=O)CCC(C)(C)N)cc1. The van der Waals surface area contributed by atoms with E-state index in [2.05, 4.69) is 10.2 Å². The molecule has 1 aromatic carbocycles. The molecule has 0 aliphatic carbocycles. The molecule has 1 rings (SSSR count). The van der Waals surface area contributed by atoms with Gasteiger partial charge in [0.2, 0.25) is 5.91 Å². The molecule has 0 fully saturated rings. The first-order valence-electron chi connectivity index (χ1n) is 7.22. The Balaban J connectivity index is 2.38. The Morgan fingerprint density at radius 1 is 1.29 bits per heavy atom. The Bertz CT molecular complexity index is 436. The maximum absolute atomic E-state index is 11.8. The van der Waals surface area contributed by atoms with Crippen molar-refractivity contribution in [2.45, 2.75) is 32.2 Å². The number of nitrogens with zero attached hydrogens (tertiary/aromatic N) is 1. The third-order valence-corrected chi connectivity index (χ3v) is 2.94. The van der Waals surface area contributed by atoms with Gasteiger partial charge in [-0.2, -0.15) is 0 Å². The summed E-state index contributed by atoms with van der Waals surface area (Å²) in [7, 11) is 4.01. The molecule has 3 N–H and O–H groups in total. The largest absolute Gasteiger partial charge is 0.492 e. The topological polar surface area (TPSA) is 67.6 Å². The van der Waals surface area contributed by atoms with Crippen LogP contribution in [0.5, 0.6) is 5.75 Å². The van der Waals surface area contributed by atoms with Gasteiger partial charge in [-0.15, -0.1) is 0 Å². The van der Waals surface area contributed by atoms with Gasteiger partial charge in [0.15, 0.2) is 0 Å². The second kappa shape index (κ2) is 8.00. The van der Waals surface area contributed by atoms with E-state index in [0.717, 1.165) is 18.0 Å². The van der Waals surface area contributed by atoms with Gasteiger partial charge in [0, 0.05) is 24.2 Å². The van der Waals surface area contributed by atoms with Gasteiger partial charge < -0.3 is 20.7 Å². The first kappa shape index (κ1) is 17.5. The van der Waals surface area contributed by atoms with E-state index in [0.29, 0.717) is 19.4 Å². The summed E-state index contributed by atoms with van der Waals surface area (Å²) in [5.74, 6) is 0.785. The zero-order chi connectivity index (χ0) is 15.9. The van der Waals surface area contributed by atoms with Crippen LogP contribution >= 0.6 is 0 Å². The molecule has 1 amide bonds. The number of amides is 1. The fourth-order valence-electron chi connectivity index (χ4n) is 1.64. The predicted molar refractivity (Wildman–Crippen MR) is 86.6 cm³/mol. The van der Waals surface area contributed by atoms with E-state index in [-0.39, 0.29) is 11.4 Å². The molecule has 0 aliphatic rings. The van der Waals surface area contributed by atoms with Crippen LogP contribution in [0.15, 0.2) is 24.3 Å². The number of carbonyl (C=O) groups excluding carboxylic acids is 1. The van der Waals surface area contributed by atoms with Crippen molar-refractivity contribution in [3.63, 3.8) is 0 Å². The first-order chi connectivity index (χ1) is 9.76. The van der Waals surface area contributed by atoms with Crippen molar-refractivity contribution in [3.05, 3.63) is 24.3 Å². The molecule has 118 valence electrons. The summed E-state index contributed by atoms with van der Waals surface area (Å²) in [6, 6.07) is 7.41. The summed E-state index contributed by atoms with van der Waals surface area (Å²) in [6.45, 7) is 5.35. The molecule has 0 radical (unpaired) electrons. The molecule has 21 heavy (non-hydrogen) atoms. The van der Waals surface area contributed by atoms with Gasteiger partial charge in [0.25, 0.3) is 0 Å². The number of anilines is 1. The van der Waals surface area contributed by atoms with Crippen molar-refractivity contribution in [3.8, 4) is 5.75 Å². The van der Waals surface area contributed by atoms with Crippen molar-refractivity contribution in [1.82, 2.24) is 4.90 Å². The van der Waals surface area contributed by atoms with E-state index in [1.807, 2.05) is 52.2 Å². The van der Waals surface area contributed by atoms with Crippen molar-refractivity contribution in [1.29, 1.82) is 0 Å². The number of nitrogens with one attached hydrogen (secondary N) is 1.